The third kappa shape index (κ3) is 6.17. The lowest BCUT2D eigenvalue weighted by atomic mass is 10.2. The van der Waals surface area contributed by atoms with E-state index in [2.05, 4.69) is 16.6 Å². The number of alkyl halides is 2. The molecule has 0 aliphatic rings. The van der Waals surface area contributed by atoms with Gasteiger partial charge in [-0.25, -0.2) is 21.6 Å². The number of sulfonamides is 1. The van der Waals surface area contributed by atoms with Crippen molar-refractivity contribution in [3.63, 3.8) is 0 Å². The normalized spacial score (nSPS) is 12.0. The van der Waals surface area contributed by atoms with Gasteiger partial charge in [0.05, 0.1) is 10.6 Å². The van der Waals surface area contributed by atoms with Crippen molar-refractivity contribution >= 4 is 31.5 Å². The van der Waals surface area contributed by atoms with E-state index in [1.165, 1.54) is 30.3 Å². The molecule has 0 unspecified atom stereocenters. The predicted octanol–water partition coefficient (Wildman–Crippen LogP) is 2.54. The molecular weight excluding hydrogens is 426 g/mol. The summed E-state index contributed by atoms with van der Waals surface area (Å²) in [5, 5.41) is 2.55. The highest BCUT2D eigenvalue weighted by Gasteiger charge is 2.26. The zero-order valence-corrected chi connectivity index (χ0v) is 16.6. The second-order valence-electron chi connectivity index (χ2n) is 5.88. The maximum atomic E-state index is 12.5. The van der Waals surface area contributed by atoms with Gasteiger partial charge in [0, 0.05) is 17.8 Å². The topological polar surface area (TPSA) is 109 Å². The summed E-state index contributed by atoms with van der Waals surface area (Å²) in [6.45, 7) is 3.55. The first-order valence-electron chi connectivity index (χ1n) is 8.16. The van der Waals surface area contributed by atoms with Crippen LogP contribution in [0.2, 0.25) is 0 Å². The van der Waals surface area contributed by atoms with Crippen LogP contribution >= 0.6 is 0 Å². The second-order valence-corrected chi connectivity index (χ2v) is 9.60. The van der Waals surface area contributed by atoms with Crippen LogP contribution in [0.4, 0.5) is 14.5 Å². The van der Waals surface area contributed by atoms with Crippen LogP contribution in [-0.4, -0.2) is 35.0 Å². The fraction of sp³-hybridized carbons (Fsp3) is 0.167. The molecule has 0 spiro atoms. The Hall–Kier alpha value is -2.63. The first-order chi connectivity index (χ1) is 13.5. The van der Waals surface area contributed by atoms with E-state index in [4.69, 9.17) is 0 Å². The number of hydrogen-bond donors (Lipinski definition) is 2. The maximum absolute atomic E-state index is 12.5. The van der Waals surface area contributed by atoms with Crippen molar-refractivity contribution in [1.82, 2.24) is 4.72 Å². The predicted molar refractivity (Wildman–Crippen MR) is 105 cm³/mol. The highest BCUT2D eigenvalue weighted by Crippen LogP contribution is 2.19. The molecule has 1 amide bonds. The fourth-order valence-electron chi connectivity index (χ4n) is 2.24. The number of halogens is 2. The van der Waals surface area contributed by atoms with E-state index in [1.54, 1.807) is 0 Å². The van der Waals surface area contributed by atoms with Crippen molar-refractivity contribution in [3.05, 3.63) is 72.3 Å². The minimum atomic E-state index is -4.73. The number of rotatable bonds is 9. The molecule has 2 rings (SSSR count). The van der Waals surface area contributed by atoms with Crippen LogP contribution in [0.3, 0.4) is 0 Å². The molecule has 0 atom stereocenters. The number of carbonyl (C=O) groups excluding carboxylic acids is 1. The van der Waals surface area contributed by atoms with E-state index in [0.29, 0.717) is 11.3 Å². The van der Waals surface area contributed by atoms with Crippen molar-refractivity contribution in [2.45, 2.75) is 16.4 Å². The molecule has 2 aromatic carbocycles. The maximum Gasteiger partial charge on any atom is 0.341 e. The quantitative estimate of drug-likeness (QED) is 0.578. The largest absolute Gasteiger partial charge is 0.341 e. The highest BCUT2D eigenvalue weighted by atomic mass is 32.2. The van der Waals surface area contributed by atoms with E-state index in [9.17, 15) is 30.4 Å². The molecule has 2 aromatic rings. The van der Waals surface area contributed by atoms with Gasteiger partial charge < -0.3 is 5.32 Å². The number of hydrogen-bond acceptors (Lipinski definition) is 5. The lowest BCUT2D eigenvalue weighted by Crippen LogP contribution is -2.25. The Kier molecular flexibility index (Phi) is 7.22. The molecule has 0 aliphatic heterocycles. The highest BCUT2D eigenvalue weighted by molar-refractivity contribution is 7.91. The third-order valence-electron chi connectivity index (χ3n) is 3.70. The lowest BCUT2D eigenvalue weighted by Gasteiger charge is -2.08. The van der Waals surface area contributed by atoms with Crippen molar-refractivity contribution < 1.29 is 30.4 Å². The van der Waals surface area contributed by atoms with Gasteiger partial charge in [-0.15, -0.1) is 6.58 Å². The van der Waals surface area contributed by atoms with Gasteiger partial charge in [0.25, 0.3) is 5.91 Å². The summed E-state index contributed by atoms with van der Waals surface area (Å²) < 4.78 is 73.8. The zero-order chi connectivity index (χ0) is 21.7. The number of amides is 1. The van der Waals surface area contributed by atoms with E-state index >= 15 is 0 Å². The summed E-state index contributed by atoms with van der Waals surface area (Å²) in [6.07, 6.45) is 1.42. The molecule has 0 saturated carbocycles. The van der Waals surface area contributed by atoms with E-state index < -0.39 is 36.4 Å². The monoisotopic (exact) mass is 444 g/mol. The fourth-order valence-corrected chi connectivity index (χ4v) is 4.07. The number of sulfone groups is 1. The average molecular weight is 444 g/mol. The van der Waals surface area contributed by atoms with Crippen molar-refractivity contribution in [1.29, 1.82) is 0 Å². The van der Waals surface area contributed by atoms with Crippen molar-refractivity contribution in [3.8, 4) is 0 Å². The molecule has 0 heterocycles. The molecule has 0 saturated heterocycles. The van der Waals surface area contributed by atoms with Gasteiger partial charge in [0.15, 0.2) is 0 Å². The van der Waals surface area contributed by atoms with Crippen LogP contribution < -0.4 is 10.0 Å². The lowest BCUT2D eigenvalue weighted by molar-refractivity contribution is 0.102. The van der Waals surface area contributed by atoms with Gasteiger partial charge in [-0.2, -0.15) is 8.78 Å². The smallest absolute Gasteiger partial charge is 0.322 e. The molecule has 0 aromatic heterocycles. The summed E-state index contributed by atoms with van der Waals surface area (Å²) in [5.41, 5.74) is 0.944. The van der Waals surface area contributed by atoms with E-state index in [1.807, 2.05) is 0 Å². The SMILES string of the molecule is C=CCNS(=O)(=O)Cc1ccc(NC(=O)c2ccc(S(=O)(=O)C(F)F)cc2)cc1. The van der Waals surface area contributed by atoms with Crippen LogP contribution in [0.25, 0.3) is 0 Å². The van der Waals surface area contributed by atoms with Crippen molar-refractivity contribution in [2.75, 3.05) is 11.9 Å². The molecule has 0 fully saturated rings. The first kappa shape index (κ1) is 22.7. The Morgan fingerprint density at radius 1 is 1.00 bits per heavy atom. The summed E-state index contributed by atoms with van der Waals surface area (Å²) in [7, 11) is -8.24. The van der Waals surface area contributed by atoms with Crippen LogP contribution in [0.1, 0.15) is 15.9 Å². The number of nitrogens with one attached hydrogen (secondary N) is 2. The first-order valence-corrected chi connectivity index (χ1v) is 11.4. The molecular formula is C18H18F2N2O5S2. The summed E-state index contributed by atoms with van der Waals surface area (Å²) in [6, 6.07) is 10.2. The zero-order valence-electron chi connectivity index (χ0n) is 15.0. The van der Waals surface area contributed by atoms with Crippen LogP contribution in [0.15, 0.2) is 66.1 Å². The molecule has 29 heavy (non-hydrogen) atoms. The molecule has 156 valence electrons. The summed E-state index contributed by atoms with van der Waals surface area (Å²) in [4.78, 5) is 11.6. The van der Waals surface area contributed by atoms with Crippen LogP contribution in [-0.2, 0) is 25.6 Å². The standard InChI is InChI=1S/C18H18F2N2O5S2/c1-2-11-21-28(24,25)12-13-3-7-15(8-4-13)22-17(23)14-5-9-16(10-6-14)29(26,27)18(19)20/h2-10,18,21H,1,11-12H2,(H,22,23). The average Bonchev–Trinajstić information content (AvgIpc) is 2.67. The molecule has 0 bridgehead atoms. The van der Waals surface area contributed by atoms with Gasteiger partial charge in [0.2, 0.25) is 19.9 Å². The number of benzene rings is 2. The minimum absolute atomic E-state index is 0.0681. The van der Waals surface area contributed by atoms with Gasteiger partial charge in [-0.05, 0) is 42.0 Å². The second kappa shape index (κ2) is 9.25. The molecule has 0 radical (unpaired) electrons. The van der Waals surface area contributed by atoms with Crippen LogP contribution in [0, 0.1) is 0 Å². The van der Waals surface area contributed by atoms with Gasteiger partial charge >= 0.3 is 5.76 Å². The Labute approximate surface area is 167 Å². The number of carbonyl (C=O) groups is 1. The van der Waals surface area contributed by atoms with E-state index in [-0.39, 0.29) is 17.9 Å². The van der Waals surface area contributed by atoms with Gasteiger partial charge in [-0.1, -0.05) is 18.2 Å². The molecule has 11 heteroatoms. The van der Waals surface area contributed by atoms with Crippen LogP contribution in [0.5, 0.6) is 0 Å². The molecule has 7 nitrogen and oxygen atoms in total. The Morgan fingerprint density at radius 2 is 1.59 bits per heavy atom. The minimum Gasteiger partial charge on any atom is -0.322 e. The Morgan fingerprint density at radius 3 is 2.10 bits per heavy atom. The third-order valence-corrected chi connectivity index (χ3v) is 6.41. The van der Waals surface area contributed by atoms with Crippen molar-refractivity contribution in [2.24, 2.45) is 0 Å². The summed E-state index contributed by atoms with van der Waals surface area (Å²) >= 11 is 0. The number of anilines is 1. The Bertz CT molecular complexity index is 1080. The molecule has 0 aliphatic carbocycles. The van der Waals surface area contributed by atoms with E-state index in [0.717, 1.165) is 24.3 Å². The van der Waals surface area contributed by atoms with Gasteiger partial charge in [0.1, 0.15) is 0 Å². The summed E-state index contributed by atoms with van der Waals surface area (Å²) in [5.74, 6) is -4.37. The van der Waals surface area contributed by atoms with Gasteiger partial charge in [-0.3, -0.25) is 4.79 Å². The molecule has 2 N–H and O–H groups in total. The Balaban J connectivity index is 2.05.